The van der Waals surface area contributed by atoms with Crippen LogP contribution in [0.2, 0.25) is 0 Å². The molecule has 1 aromatic rings. The van der Waals surface area contributed by atoms with Gasteiger partial charge in [-0.05, 0) is 30.9 Å². The molecule has 1 aliphatic heterocycles. The number of aliphatic carboxylic acids is 1. The number of para-hydroxylation sites is 1. The summed E-state index contributed by atoms with van der Waals surface area (Å²) in [5.41, 5.74) is 0.155. The SMILES string of the molecule is CC1CCCN(C(=O)c2ccccc2O)C1C(=O)O. The van der Waals surface area contributed by atoms with Crippen molar-refractivity contribution in [1.82, 2.24) is 4.90 Å². The molecule has 2 unspecified atom stereocenters. The molecule has 2 N–H and O–H groups in total. The number of phenols is 1. The van der Waals surface area contributed by atoms with Crippen LogP contribution in [0.5, 0.6) is 5.75 Å². The average molecular weight is 263 g/mol. The van der Waals surface area contributed by atoms with E-state index in [1.165, 1.54) is 17.0 Å². The number of carbonyl (C=O) groups is 2. The Bertz CT molecular complexity index is 500. The van der Waals surface area contributed by atoms with Crippen molar-refractivity contribution in [1.29, 1.82) is 0 Å². The van der Waals surface area contributed by atoms with E-state index in [2.05, 4.69) is 0 Å². The fourth-order valence-corrected chi connectivity index (χ4v) is 2.60. The van der Waals surface area contributed by atoms with Crippen LogP contribution in [0.25, 0.3) is 0 Å². The third-order valence-corrected chi connectivity index (χ3v) is 3.58. The summed E-state index contributed by atoms with van der Waals surface area (Å²) >= 11 is 0. The number of likely N-dealkylation sites (tertiary alicyclic amines) is 1. The largest absolute Gasteiger partial charge is 0.507 e. The summed E-state index contributed by atoms with van der Waals surface area (Å²) in [4.78, 5) is 25.1. The average Bonchev–Trinajstić information content (AvgIpc) is 2.37. The van der Waals surface area contributed by atoms with Crippen molar-refractivity contribution in [2.24, 2.45) is 5.92 Å². The minimum atomic E-state index is -0.990. The number of benzene rings is 1. The number of carbonyl (C=O) groups excluding carboxylic acids is 1. The summed E-state index contributed by atoms with van der Waals surface area (Å²) in [5.74, 6) is -1.61. The van der Waals surface area contributed by atoms with Gasteiger partial charge in [0.15, 0.2) is 0 Å². The van der Waals surface area contributed by atoms with Crippen molar-refractivity contribution in [3.05, 3.63) is 29.8 Å². The summed E-state index contributed by atoms with van der Waals surface area (Å²) in [6.45, 7) is 2.25. The van der Waals surface area contributed by atoms with Gasteiger partial charge in [-0.1, -0.05) is 19.1 Å². The number of aromatic hydroxyl groups is 1. The van der Waals surface area contributed by atoms with E-state index >= 15 is 0 Å². The molecule has 0 radical (unpaired) electrons. The molecule has 1 aromatic carbocycles. The van der Waals surface area contributed by atoms with Crippen molar-refractivity contribution in [2.45, 2.75) is 25.8 Å². The van der Waals surface area contributed by atoms with Crippen LogP contribution in [0.15, 0.2) is 24.3 Å². The molecule has 1 heterocycles. The highest BCUT2D eigenvalue weighted by molar-refractivity contribution is 5.99. The number of amides is 1. The van der Waals surface area contributed by atoms with Crippen LogP contribution in [0.4, 0.5) is 0 Å². The molecule has 102 valence electrons. The van der Waals surface area contributed by atoms with E-state index in [1.807, 2.05) is 6.92 Å². The maximum atomic E-state index is 12.4. The number of piperidine rings is 1. The molecule has 1 aliphatic rings. The van der Waals surface area contributed by atoms with Gasteiger partial charge < -0.3 is 15.1 Å². The second kappa shape index (κ2) is 5.30. The first-order valence-electron chi connectivity index (χ1n) is 6.34. The third kappa shape index (κ3) is 2.54. The van der Waals surface area contributed by atoms with Crippen LogP contribution in [0, 0.1) is 5.92 Å². The molecule has 2 atom stereocenters. The van der Waals surface area contributed by atoms with Gasteiger partial charge in [0, 0.05) is 6.54 Å². The zero-order valence-corrected chi connectivity index (χ0v) is 10.7. The van der Waals surface area contributed by atoms with Crippen LogP contribution >= 0.6 is 0 Å². The zero-order chi connectivity index (χ0) is 14.0. The fourth-order valence-electron chi connectivity index (χ4n) is 2.60. The highest BCUT2D eigenvalue weighted by Gasteiger charge is 2.37. The quantitative estimate of drug-likeness (QED) is 0.851. The summed E-state index contributed by atoms with van der Waals surface area (Å²) in [6, 6.07) is 5.39. The molecular weight excluding hydrogens is 246 g/mol. The minimum absolute atomic E-state index is 0.0824. The van der Waals surface area contributed by atoms with Crippen molar-refractivity contribution < 1.29 is 19.8 Å². The Balaban J connectivity index is 2.31. The smallest absolute Gasteiger partial charge is 0.326 e. The lowest BCUT2D eigenvalue weighted by atomic mass is 9.90. The number of nitrogens with zero attached hydrogens (tertiary/aromatic N) is 1. The lowest BCUT2D eigenvalue weighted by Crippen LogP contribution is -2.51. The normalized spacial score (nSPS) is 23.1. The number of hydrogen-bond donors (Lipinski definition) is 2. The molecule has 1 saturated heterocycles. The molecule has 1 amide bonds. The molecule has 0 spiro atoms. The first kappa shape index (κ1) is 13.4. The van der Waals surface area contributed by atoms with Crippen molar-refractivity contribution in [3.63, 3.8) is 0 Å². The van der Waals surface area contributed by atoms with Crippen molar-refractivity contribution in [3.8, 4) is 5.75 Å². The third-order valence-electron chi connectivity index (χ3n) is 3.58. The summed E-state index contributed by atoms with van der Waals surface area (Å²) in [6.07, 6.45) is 1.58. The second-order valence-electron chi connectivity index (χ2n) is 4.92. The van der Waals surface area contributed by atoms with Gasteiger partial charge in [0.1, 0.15) is 11.8 Å². The molecule has 0 saturated carbocycles. The first-order valence-corrected chi connectivity index (χ1v) is 6.34. The van der Waals surface area contributed by atoms with Crippen LogP contribution in [0.3, 0.4) is 0 Å². The minimum Gasteiger partial charge on any atom is -0.507 e. The van der Waals surface area contributed by atoms with Crippen LogP contribution in [-0.4, -0.2) is 39.6 Å². The number of rotatable bonds is 2. The molecule has 0 aliphatic carbocycles. The number of phenolic OH excluding ortho intramolecular Hbond substituents is 1. The highest BCUT2D eigenvalue weighted by Crippen LogP contribution is 2.27. The first-order chi connectivity index (χ1) is 9.02. The predicted octanol–water partition coefficient (Wildman–Crippen LogP) is 1.72. The zero-order valence-electron chi connectivity index (χ0n) is 10.7. The number of carboxylic acid groups (broad SMARTS) is 1. The highest BCUT2D eigenvalue weighted by atomic mass is 16.4. The van der Waals surface area contributed by atoms with E-state index < -0.39 is 17.9 Å². The fraction of sp³-hybridized carbons (Fsp3) is 0.429. The van der Waals surface area contributed by atoms with Crippen molar-refractivity contribution in [2.75, 3.05) is 6.54 Å². The molecule has 2 rings (SSSR count). The van der Waals surface area contributed by atoms with E-state index in [9.17, 15) is 19.8 Å². The Hall–Kier alpha value is -2.04. The molecule has 19 heavy (non-hydrogen) atoms. The second-order valence-corrected chi connectivity index (χ2v) is 4.92. The Kier molecular flexibility index (Phi) is 3.74. The van der Waals surface area contributed by atoms with Crippen LogP contribution in [-0.2, 0) is 4.79 Å². The van der Waals surface area contributed by atoms with E-state index in [0.29, 0.717) is 6.54 Å². The van der Waals surface area contributed by atoms with Gasteiger partial charge >= 0.3 is 5.97 Å². The monoisotopic (exact) mass is 263 g/mol. The summed E-state index contributed by atoms with van der Waals surface area (Å²) in [5, 5.41) is 19.0. The van der Waals surface area contributed by atoms with E-state index in [0.717, 1.165) is 12.8 Å². The van der Waals surface area contributed by atoms with E-state index in [1.54, 1.807) is 12.1 Å². The molecular formula is C14H17NO4. The Morgan fingerprint density at radius 2 is 2.00 bits per heavy atom. The molecule has 0 bridgehead atoms. The number of carboxylic acids is 1. The van der Waals surface area contributed by atoms with Gasteiger partial charge in [-0.3, -0.25) is 4.79 Å². The lowest BCUT2D eigenvalue weighted by Gasteiger charge is -2.37. The maximum absolute atomic E-state index is 12.4. The molecule has 0 aromatic heterocycles. The number of hydrogen-bond acceptors (Lipinski definition) is 3. The van der Waals surface area contributed by atoms with Gasteiger partial charge in [-0.25, -0.2) is 4.79 Å². The van der Waals surface area contributed by atoms with Gasteiger partial charge in [-0.15, -0.1) is 0 Å². The van der Waals surface area contributed by atoms with Gasteiger partial charge in [0.25, 0.3) is 5.91 Å². The lowest BCUT2D eigenvalue weighted by molar-refractivity contribution is -0.145. The van der Waals surface area contributed by atoms with Crippen LogP contribution < -0.4 is 0 Å². The summed E-state index contributed by atoms with van der Waals surface area (Å²) < 4.78 is 0. The molecule has 5 heteroatoms. The Labute approximate surface area is 111 Å². The maximum Gasteiger partial charge on any atom is 0.326 e. The van der Waals surface area contributed by atoms with Gasteiger partial charge in [0.2, 0.25) is 0 Å². The Morgan fingerprint density at radius 1 is 1.32 bits per heavy atom. The molecule has 5 nitrogen and oxygen atoms in total. The van der Waals surface area contributed by atoms with E-state index in [4.69, 9.17) is 0 Å². The van der Waals surface area contributed by atoms with Crippen molar-refractivity contribution >= 4 is 11.9 Å². The predicted molar refractivity (Wildman–Crippen MR) is 69.0 cm³/mol. The van der Waals surface area contributed by atoms with Gasteiger partial charge in [-0.2, -0.15) is 0 Å². The summed E-state index contributed by atoms with van der Waals surface area (Å²) in [7, 11) is 0. The molecule has 1 fully saturated rings. The van der Waals surface area contributed by atoms with Crippen LogP contribution in [0.1, 0.15) is 30.1 Å². The Morgan fingerprint density at radius 3 is 2.63 bits per heavy atom. The van der Waals surface area contributed by atoms with E-state index in [-0.39, 0.29) is 17.2 Å². The topological polar surface area (TPSA) is 77.8 Å². The standard InChI is InChI=1S/C14H17NO4/c1-9-5-4-8-15(12(9)14(18)19)13(17)10-6-2-3-7-11(10)16/h2-3,6-7,9,12,16H,4-5,8H2,1H3,(H,18,19). The van der Waals surface area contributed by atoms with Gasteiger partial charge in [0.05, 0.1) is 5.56 Å².